The molecular formula is C18H12Cl2N2O3S. The molecule has 0 radical (unpaired) electrons. The molecule has 3 N–H and O–H groups in total. The lowest BCUT2D eigenvalue weighted by Gasteiger charge is -2.00. The lowest BCUT2D eigenvalue weighted by Crippen LogP contribution is -2.07. The molecule has 0 bridgehead atoms. The van der Waals surface area contributed by atoms with E-state index in [1.165, 1.54) is 35.6 Å². The smallest absolute Gasteiger partial charge is 0.250 e. The van der Waals surface area contributed by atoms with Gasteiger partial charge in [0.05, 0.1) is 15.7 Å². The zero-order chi connectivity index (χ0) is 18.7. The molecule has 2 aromatic carbocycles. The van der Waals surface area contributed by atoms with Crippen LogP contribution in [-0.4, -0.2) is 21.1 Å². The van der Waals surface area contributed by atoms with Crippen LogP contribution in [0.3, 0.4) is 0 Å². The monoisotopic (exact) mass is 406 g/mol. The molecule has 0 atom stereocenters. The van der Waals surface area contributed by atoms with Crippen molar-refractivity contribution in [1.29, 1.82) is 0 Å². The molecule has 0 saturated heterocycles. The second kappa shape index (κ2) is 7.78. The standard InChI is InChI=1S/C18H12Cl2N2O3S/c19-12-4-3-11(8-13(12)20)14-9-26-18(21-14)22-17(25)6-2-10-1-5-15(23)16(24)7-10/h1-9,23-24H,(H,21,22,25)/b6-2-. The first-order valence-electron chi connectivity index (χ1n) is 7.34. The number of halogens is 2. The zero-order valence-corrected chi connectivity index (χ0v) is 15.4. The van der Waals surface area contributed by atoms with E-state index in [1.54, 1.807) is 29.6 Å². The van der Waals surface area contributed by atoms with Crippen LogP contribution >= 0.6 is 34.5 Å². The summed E-state index contributed by atoms with van der Waals surface area (Å²) in [5.74, 6) is -0.837. The van der Waals surface area contributed by atoms with Crippen molar-refractivity contribution in [3.63, 3.8) is 0 Å². The number of benzene rings is 2. The van der Waals surface area contributed by atoms with Crippen molar-refractivity contribution in [3.05, 3.63) is 63.5 Å². The predicted molar refractivity (Wildman–Crippen MR) is 105 cm³/mol. The van der Waals surface area contributed by atoms with E-state index < -0.39 is 0 Å². The summed E-state index contributed by atoms with van der Waals surface area (Å²) in [5.41, 5.74) is 2.05. The first-order chi connectivity index (χ1) is 12.4. The Kier molecular flexibility index (Phi) is 5.46. The largest absolute Gasteiger partial charge is 0.504 e. The number of carbonyl (C=O) groups is 1. The molecule has 3 rings (SSSR count). The Morgan fingerprint density at radius 3 is 2.62 bits per heavy atom. The van der Waals surface area contributed by atoms with Crippen molar-refractivity contribution in [3.8, 4) is 22.8 Å². The van der Waals surface area contributed by atoms with Gasteiger partial charge in [0.1, 0.15) is 0 Å². The molecule has 1 aromatic heterocycles. The van der Waals surface area contributed by atoms with E-state index in [0.29, 0.717) is 26.4 Å². The van der Waals surface area contributed by atoms with Crippen LogP contribution in [0.2, 0.25) is 10.0 Å². The maximum atomic E-state index is 12.0. The fraction of sp³-hybridized carbons (Fsp3) is 0. The molecular weight excluding hydrogens is 395 g/mol. The van der Waals surface area contributed by atoms with Crippen LogP contribution in [-0.2, 0) is 4.79 Å². The summed E-state index contributed by atoms with van der Waals surface area (Å²) in [6, 6.07) is 9.47. The van der Waals surface area contributed by atoms with Crippen molar-refractivity contribution in [2.45, 2.75) is 0 Å². The van der Waals surface area contributed by atoms with Gasteiger partial charge in [-0.25, -0.2) is 4.98 Å². The first-order valence-corrected chi connectivity index (χ1v) is 8.98. The zero-order valence-electron chi connectivity index (χ0n) is 13.1. The maximum absolute atomic E-state index is 12.0. The molecule has 1 heterocycles. The third-order valence-electron chi connectivity index (χ3n) is 3.38. The number of carbonyl (C=O) groups excluding carboxylic acids is 1. The molecule has 0 aliphatic carbocycles. The molecule has 0 spiro atoms. The van der Waals surface area contributed by atoms with E-state index in [1.807, 2.05) is 0 Å². The van der Waals surface area contributed by atoms with Crippen molar-refractivity contribution in [1.82, 2.24) is 4.98 Å². The number of amides is 1. The van der Waals surface area contributed by atoms with Crippen LogP contribution in [0.5, 0.6) is 11.5 Å². The average Bonchev–Trinajstić information content (AvgIpc) is 3.07. The summed E-state index contributed by atoms with van der Waals surface area (Å²) in [7, 11) is 0. The molecule has 0 saturated carbocycles. The summed E-state index contributed by atoms with van der Waals surface area (Å²) < 4.78 is 0. The minimum atomic E-state index is -0.368. The molecule has 0 fully saturated rings. The highest BCUT2D eigenvalue weighted by molar-refractivity contribution is 7.14. The van der Waals surface area contributed by atoms with Crippen LogP contribution in [0, 0.1) is 0 Å². The Morgan fingerprint density at radius 1 is 1.08 bits per heavy atom. The minimum absolute atomic E-state index is 0.218. The molecule has 1 amide bonds. The van der Waals surface area contributed by atoms with Crippen LogP contribution in [0.15, 0.2) is 47.9 Å². The van der Waals surface area contributed by atoms with E-state index in [9.17, 15) is 15.0 Å². The third-order valence-corrected chi connectivity index (χ3v) is 4.87. The van der Waals surface area contributed by atoms with E-state index in [0.717, 1.165) is 5.56 Å². The van der Waals surface area contributed by atoms with Crippen molar-refractivity contribution < 1.29 is 15.0 Å². The number of phenolic OH excluding ortho intramolecular Hbond substituents is 2. The normalized spacial score (nSPS) is 11.0. The van der Waals surface area contributed by atoms with Crippen LogP contribution in [0.4, 0.5) is 5.13 Å². The Bertz CT molecular complexity index is 1000. The summed E-state index contributed by atoms with van der Waals surface area (Å²) >= 11 is 13.2. The molecule has 8 heteroatoms. The van der Waals surface area contributed by atoms with Gasteiger partial charge >= 0.3 is 0 Å². The first kappa shape index (κ1) is 18.3. The van der Waals surface area contributed by atoms with Crippen LogP contribution < -0.4 is 5.32 Å². The molecule has 0 unspecified atom stereocenters. The number of hydrogen-bond acceptors (Lipinski definition) is 5. The highest BCUT2D eigenvalue weighted by atomic mass is 35.5. The van der Waals surface area contributed by atoms with Gasteiger partial charge in [0.15, 0.2) is 16.6 Å². The van der Waals surface area contributed by atoms with Gasteiger partial charge in [-0.3, -0.25) is 10.1 Å². The SMILES string of the molecule is O=C(/C=C\c1ccc(O)c(O)c1)Nc1nc(-c2ccc(Cl)c(Cl)c2)cs1. The molecule has 132 valence electrons. The molecule has 26 heavy (non-hydrogen) atoms. The number of hydrogen-bond donors (Lipinski definition) is 3. The summed E-state index contributed by atoms with van der Waals surface area (Å²) in [5, 5.41) is 24.5. The summed E-state index contributed by atoms with van der Waals surface area (Å²) in [4.78, 5) is 16.4. The Labute approximate surface area is 163 Å². The lowest BCUT2D eigenvalue weighted by molar-refractivity contribution is -0.111. The van der Waals surface area contributed by atoms with Crippen LogP contribution in [0.1, 0.15) is 5.56 Å². The van der Waals surface area contributed by atoms with Gasteiger partial charge in [0.2, 0.25) is 5.91 Å². The van der Waals surface area contributed by atoms with E-state index >= 15 is 0 Å². The fourth-order valence-electron chi connectivity index (χ4n) is 2.08. The number of aromatic nitrogens is 1. The Hall–Kier alpha value is -2.54. The lowest BCUT2D eigenvalue weighted by atomic mass is 10.2. The Balaban J connectivity index is 1.68. The number of nitrogens with zero attached hydrogens (tertiary/aromatic N) is 1. The van der Waals surface area contributed by atoms with Crippen LogP contribution in [0.25, 0.3) is 17.3 Å². The number of anilines is 1. The van der Waals surface area contributed by atoms with Crippen molar-refractivity contribution in [2.24, 2.45) is 0 Å². The summed E-state index contributed by atoms with van der Waals surface area (Å²) in [6.07, 6.45) is 2.83. The van der Waals surface area contributed by atoms with Gasteiger partial charge in [-0.2, -0.15) is 0 Å². The average molecular weight is 407 g/mol. The van der Waals surface area contributed by atoms with Gasteiger partial charge in [-0.1, -0.05) is 35.3 Å². The van der Waals surface area contributed by atoms with Crippen molar-refractivity contribution in [2.75, 3.05) is 5.32 Å². The quantitative estimate of drug-likeness (QED) is 0.411. The van der Waals surface area contributed by atoms with E-state index in [4.69, 9.17) is 23.2 Å². The maximum Gasteiger partial charge on any atom is 0.250 e. The second-order valence-electron chi connectivity index (χ2n) is 5.24. The molecule has 0 aliphatic rings. The van der Waals surface area contributed by atoms with Gasteiger partial charge in [-0.05, 0) is 35.9 Å². The number of phenols is 2. The number of rotatable bonds is 4. The number of thiazole rings is 1. The molecule has 5 nitrogen and oxygen atoms in total. The highest BCUT2D eigenvalue weighted by Gasteiger charge is 2.08. The van der Waals surface area contributed by atoms with Gasteiger partial charge in [-0.15, -0.1) is 11.3 Å². The third kappa shape index (κ3) is 4.35. The Morgan fingerprint density at radius 2 is 1.88 bits per heavy atom. The van der Waals surface area contributed by atoms with E-state index in [2.05, 4.69) is 10.3 Å². The molecule has 3 aromatic rings. The van der Waals surface area contributed by atoms with Gasteiger partial charge < -0.3 is 10.2 Å². The van der Waals surface area contributed by atoms with E-state index in [-0.39, 0.29) is 17.4 Å². The predicted octanol–water partition coefficient (Wildman–Crippen LogP) is 5.18. The topological polar surface area (TPSA) is 82.5 Å². The fourth-order valence-corrected chi connectivity index (χ4v) is 3.10. The number of nitrogens with one attached hydrogen (secondary N) is 1. The minimum Gasteiger partial charge on any atom is -0.504 e. The van der Waals surface area contributed by atoms with Gasteiger partial charge in [0, 0.05) is 17.0 Å². The second-order valence-corrected chi connectivity index (χ2v) is 6.91. The van der Waals surface area contributed by atoms with Gasteiger partial charge in [0.25, 0.3) is 0 Å². The van der Waals surface area contributed by atoms with Crippen molar-refractivity contribution >= 4 is 51.7 Å². The summed E-state index contributed by atoms with van der Waals surface area (Å²) in [6.45, 7) is 0. The number of aromatic hydroxyl groups is 2. The molecule has 0 aliphatic heterocycles. The highest BCUT2D eigenvalue weighted by Crippen LogP contribution is 2.30.